The van der Waals surface area contributed by atoms with Crippen molar-refractivity contribution in [3.8, 4) is 17.2 Å². The lowest BCUT2D eigenvalue weighted by Crippen LogP contribution is -2.53. The van der Waals surface area contributed by atoms with Crippen molar-refractivity contribution in [2.24, 2.45) is 0 Å². The summed E-state index contributed by atoms with van der Waals surface area (Å²) in [6, 6.07) is 15.2. The Hall–Kier alpha value is -4.53. The van der Waals surface area contributed by atoms with E-state index in [1.54, 1.807) is 30.3 Å². The molecule has 4 amide bonds. The molecule has 3 aromatic rings. The first-order valence-corrected chi connectivity index (χ1v) is 10.9. The van der Waals surface area contributed by atoms with Crippen LogP contribution in [0.25, 0.3) is 6.08 Å². The Bertz CT molecular complexity index is 1260. The largest absolute Gasteiger partial charge is 0.493 e. The van der Waals surface area contributed by atoms with Crippen molar-refractivity contribution >= 4 is 23.9 Å². The fourth-order valence-corrected chi connectivity index (χ4v) is 3.47. The summed E-state index contributed by atoms with van der Waals surface area (Å²) in [5.41, 5.74) is 1.45. The molecule has 1 aromatic heterocycles. The highest BCUT2D eigenvalue weighted by molar-refractivity contribution is 6.30. The van der Waals surface area contributed by atoms with E-state index in [1.807, 2.05) is 31.2 Å². The van der Waals surface area contributed by atoms with Gasteiger partial charge in [-0.05, 0) is 60.5 Å². The molecule has 1 N–H and O–H groups in total. The van der Waals surface area contributed by atoms with Gasteiger partial charge in [-0.25, -0.2) is 4.79 Å². The molecule has 0 unspecified atom stereocenters. The molecule has 1 aliphatic rings. The third kappa shape index (κ3) is 5.70. The van der Waals surface area contributed by atoms with E-state index >= 15 is 0 Å². The molecule has 0 bridgehead atoms. The molecule has 9 nitrogen and oxygen atoms in total. The third-order valence-electron chi connectivity index (χ3n) is 5.18. The van der Waals surface area contributed by atoms with Gasteiger partial charge in [-0.3, -0.25) is 19.8 Å². The third-order valence-corrected chi connectivity index (χ3v) is 5.18. The van der Waals surface area contributed by atoms with Crippen molar-refractivity contribution in [3.05, 3.63) is 83.3 Å². The topological polar surface area (TPSA) is 107 Å². The molecular weight excluding hydrogens is 452 g/mol. The number of nitrogens with zero attached hydrogens (tertiary/aromatic N) is 1. The second kappa shape index (κ2) is 10.6. The normalized spacial score (nSPS) is 14.7. The molecule has 2 aromatic carbocycles. The minimum Gasteiger partial charge on any atom is -0.493 e. The lowest BCUT2D eigenvalue weighted by Gasteiger charge is -2.25. The number of hydrogen-bond acceptors (Lipinski definition) is 7. The molecule has 0 spiro atoms. The highest BCUT2D eigenvalue weighted by atomic mass is 16.5. The highest BCUT2D eigenvalue weighted by Crippen LogP contribution is 2.29. The van der Waals surface area contributed by atoms with E-state index in [1.165, 1.54) is 19.4 Å². The van der Waals surface area contributed by atoms with Gasteiger partial charge in [-0.15, -0.1) is 0 Å². The zero-order valence-corrected chi connectivity index (χ0v) is 19.3. The lowest BCUT2D eigenvalue weighted by molar-refractivity contribution is -0.130. The molecule has 2 heterocycles. The van der Waals surface area contributed by atoms with E-state index in [0.29, 0.717) is 29.4 Å². The van der Waals surface area contributed by atoms with Gasteiger partial charge in [-0.2, -0.15) is 0 Å². The number of benzene rings is 2. The Balaban J connectivity index is 1.44. The smallest absolute Gasteiger partial charge is 0.331 e. The Morgan fingerprint density at radius 2 is 1.80 bits per heavy atom. The number of aryl methyl sites for hydroxylation is 1. The van der Waals surface area contributed by atoms with Crippen LogP contribution in [0.2, 0.25) is 0 Å². The van der Waals surface area contributed by atoms with Gasteiger partial charge in [0.1, 0.15) is 30.3 Å². The van der Waals surface area contributed by atoms with Crippen LogP contribution in [-0.4, -0.2) is 43.1 Å². The Morgan fingerprint density at radius 3 is 2.54 bits per heavy atom. The van der Waals surface area contributed by atoms with Crippen LogP contribution < -0.4 is 19.5 Å². The van der Waals surface area contributed by atoms with E-state index in [0.717, 1.165) is 16.2 Å². The summed E-state index contributed by atoms with van der Waals surface area (Å²) in [4.78, 5) is 38.3. The summed E-state index contributed by atoms with van der Waals surface area (Å²) in [5.74, 6) is 0.582. The summed E-state index contributed by atoms with van der Waals surface area (Å²) in [7, 11) is 1.49. The zero-order valence-electron chi connectivity index (χ0n) is 19.3. The fourth-order valence-electron chi connectivity index (χ4n) is 3.47. The van der Waals surface area contributed by atoms with Crippen LogP contribution in [-0.2, 0) is 16.1 Å². The minimum atomic E-state index is -0.803. The van der Waals surface area contributed by atoms with Gasteiger partial charge < -0.3 is 18.6 Å². The Morgan fingerprint density at radius 1 is 0.971 bits per heavy atom. The number of hydrogen-bond donors (Lipinski definition) is 1. The molecule has 0 radical (unpaired) electrons. The van der Waals surface area contributed by atoms with Crippen molar-refractivity contribution in [3.63, 3.8) is 0 Å². The number of furan rings is 1. The summed E-state index contributed by atoms with van der Waals surface area (Å²) in [5, 5.41) is 2.18. The molecule has 180 valence electrons. The van der Waals surface area contributed by atoms with Crippen molar-refractivity contribution in [1.82, 2.24) is 10.2 Å². The molecule has 0 atom stereocenters. The number of carbonyl (C=O) groups excluding carboxylic acids is 3. The maximum absolute atomic E-state index is 12.9. The van der Waals surface area contributed by atoms with Crippen LogP contribution in [0.1, 0.15) is 16.9 Å². The number of carbonyl (C=O) groups is 3. The lowest BCUT2D eigenvalue weighted by atomic mass is 10.1. The first-order valence-electron chi connectivity index (χ1n) is 10.9. The number of nitrogens with one attached hydrogen (secondary N) is 1. The number of rotatable bonds is 9. The summed E-state index contributed by atoms with van der Waals surface area (Å²) >= 11 is 0. The average molecular weight is 476 g/mol. The van der Waals surface area contributed by atoms with Gasteiger partial charge >= 0.3 is 6.03 Å². The average Bonchev–Trinajstić information content (AvgIpc) is 3.36. The molecule has 1 aliphatic heterocycles. The quantitative estimate of drug-likeness (QED) is 0.285. The predicted molar refractivity (Wildman–Crippen MR) is 126 cm³/mol. The molecule has 0 saturated carbocycles. The summed E-state index contributed by atoms with van der Waals surface area (Å²) in [6.07, 6.45) is 2.83. The van der Waals surface area contributed by atoms with Crippen molar-refractivity contribution < 1.29 is 33.0 Å². The Kier molecular flexibility index (Phi) is 7.15. The van der Waals surface area contributed by atoms with E-state index in [9.17, 15) is 14.4 Å². The molecule has 1 saturated heterocycles. The number of amides is 4. The van der Waals surface area contributed by atoms with Crippen LogP contribution in [0.5, 0.6) is 17.2 Å². The predicted octanol–water partition coefficient (Wildman–Crippen LogP) is 3.72. The standard InChI is InChI=1S/C26H24N2O7/c1-17-5-3-6-19(13-17)34-11-12-35-22-9-8-18(15-23(22)32-2)14-21-24(29)27-26(31)28(25(21)30)16-20-7-4-10-33-20/h3-10,13-15H,11-12,16H2,1-2H3,(H,27,29,31). The van der Waals surface area contributed by atoms with E-state index in [-0.39, 0.29) is 18.7 Å². The van der Waals surface area contributed by atoms with E-state index in [2.05, 4.69) is 5.32 Å². The van der Waals surface area contributed by atoms with Gasteiger partial charge in [0.15, 0.2) is 11.5 Å². The van der Waals surface area contributed by atoms with Crippen LogP contribution in [0, 0.1) is 6.92 Å². The maximum atomic E-state index is 12.9. The minimum absolute atomic E-state index is 0.0942. The van der Waals surface area contributed by atoms with Crippen molar-refractivity contribution in [2.75, 3.05) is 20.3 Å². The zero-order chi connectivity index (χ0) is 24.8. The molecule has 1 fully saturated rings. The highest BCUT2D eigenvalue weighted by Gasteiger charge is 2.36. The SMILES string of the molecule is COc1cc(C=C2C(=O)NC(=O)N(Cc3ccco3)C2=O)ccc1OCCOc1cccc(C)c1. The second-order valence-electron chi connectivity index (χ2n) is 7.71. The van der Waals surface area contributed by atoms with Crippen molar-refractivity contribution in [2.45, 2.75) is 13.5 Å². The van der Waals surface area contributed by atoms with Gasteiger partial charge in [-0.1, -0.05) is 18.2 Å². The van der Waals surface area contributed by atoms with E-state index < -0.39 is 17.8 Å². The number of methoxy groups -OCH3 is 1. The second-order valence-corrected chi connectivity index (χ2v) is 7.71. The van der Waals surface area contributed by atoms with Crippen LogP contribution in [0.4, 0.5) is 4.79 Å². The number of ether oxygens (including phenoxy) is 3. The number of barbiturate groups is 1. The molecule has 9 heteroatoms. The van der Waals surface area contributed by atoms with Gasteiger partial charge in [0.25, 0.3) is 11.8 Å². The molecule has 0 aliphatic carbocycles. The fraction of sp³-hybridized carbons (Fsp3) is 0.192. The van der Waals surface area contributed by atoms with Crippen molar-refractivity contribution in [1.29, 1.82) is 0 Å². The molecule has 4 rings (SSSR count). The Labute approximate surface area is 201 Å². The van der Waals surface area contributed by atoms with Gasteiger partial charge in [0.05, 0.1) is 19.9 Å². The maximum Gasteiger partial charge on any atom is 0.331 e. The van der Waals surface area contributed by atoms with E-state index in [4.69, 9.17) is 18.6 Å². The van der Waals surface area contributed by atoms with Gasteiger partial charge in [0, 0.05) is 0 Å². The van der Waals surface area contributed by atoms with Gasteiger partial charge in [0.2, 0.25) is 0 Å². The first-order chi connectivity index (χ1) is 16.9. The number of imide groups is 2. The molecule has 35 heavy (non-hydrogen) atoms. The molecular formula is C26H24N2O7. The monoisotopic (exact) mass is 476 g/mol. The van der Waals surface area contributed by atoms with Crippen LogP contribution in [0.15, 0.2) is 70.9 Å². The first kappa shape index (κ1) is 23.6. The van der Waals surface area contributed by atoms with Crippen LogP contribution >= 0.6 is 0 Å². The van der Waals surface area contributed by atoms with Crippen LogP contribution in [0.3, 0.4) is 0 Å². The summed E-state index contributed by atoms with van der Waals surface area (Å²) in [6.45, 7) is 2.52. The summed E-state index contributed by atoms with van der Waals surface area (Å²) < 4.78 is 22.1. The number of urea groups is 1.